The lowest BCUT2D eigenvalue weighted by atomic mass is 10.0. The van der Waals surface area contributed by atoms with Crippen molar-refractivity contribution in [2.75, 3.05) is 11.9 Å². The van der Waals surface area contributed by atoms with Crippen LogP contribution in [0.25, 0.3) is 0 Å². The molecule has 1 fully saturated rings. The first kappa shape index (κ1) is 12.1. The van der Waals surface area contributed by atoms with Crippen LogP contribution in [0.5, 0.6) is 0 Å². The van der Waals surface area contributed by atoms with Gasteiger partial charge in [-0.15, -0.1) is 11.3 Å². The van der Waals surface area contributed by atoms with Gasteiger partial charge in [0.2, 0.25) is 5.91 Å². The largest absolute Gasteiger partial charge is 0.366 e. The molecular weight excluding hydrogens is 238 g/mol. The lowest BCUT2D eigenvalue weighted by molar-refractivity contribution is -0.118. The van der Waals surface area contributed by atoms with Gasteiger partial charge in [0, 0.05) is 0 Å². The quantitative estimate of drug-likeness (QED) is 0.749. The Labute approximate surface area is 103 Å². The predicted octanol–water partition coefficient (Wildman–Crippen LogP) is 0.928. The number of rotatable bonds is 3. The van der Waals surface area contributed by atoms with Crippen LogP contribution in [0.1, 0.15) is 29.6 Å². The van der Waals surface area contributed by atoms with Gasteiger partial charge in [0.25, 0.3) is 5.91 Å². The number of nitrogens with one attached hydrogen (secondary N) is 2. The molecule has 0 saturated carbocycles. The molecule has 0 unspecified atom stereocenters. The van der Waals surface area contributed by atoms with Crippen molar-refractivity contribution >= 4 is 28.2 Å². The van der Waals surface area contributed by atoms with Crippen LogP contribution in [0.4, 0.5) is 5.00 Å². The highest BCUT2D eigenvalue weighted by Gasteiger charge is 2.22. The van der Waals surface area contributed by atoms with Gasteiger partial charge in [-0.05, 0) is 30.8 Å². The summed E-state index contributed by atoms with van der Waals surface area (Å²) in [6, 6.07) is 1.46. The summed E-state index contributed by atoms with van der Waals surface area (Å²) in [6.45, 7) is 0.866. The molecular formula is C11H15N3O2S. The Balaban J connectivity index is 2.02. The minimum absolute atomic E-state index is 0.0883. The maximum absolute atomic E-state index is 11.9. The van der Waals surface area contributed by atoms with Gasteiger partial charge >= 0.3 is 0 Å². The number of thiophene rings is 1. The molecule has 1 aliphatic heterocycles. The molecule has 1 saturated heterocycles. The number of hydrogen-bond donors (Lipinski definition) is 3. The van der Waals surface area contributed by atoms with Crippen LogP contribution in [0, 0.1) is 0 Å². The number of primary amides is 1. The van der Waals surface area contributed by atoms with Crippen LogP contribution in [-0.4, -0.2) is 24.4 Å². The van der Waals surface area contributed by atoms with Gasteiger partial charge < -0.3 is 16.4 Å². The van der Waals surface area contributed by atoms with Gasteiger partial charge in [0.15, 0.2) is 0 Å². The first-order valence-electron chi connectivity index (χ1n) is 5.60. The maximum Gasteiger partial charge on any atom is 0.251 e. The topological polar surface area (TPSA) is 84.2 Å². The second-order valence-electron chi connectivity index (χ2n) is 4.02. The van der Waals surface area contributed by atoms with Crippen LogP contribution in [0.3, 0.4) is 0 Å². The second kappa shape index (κ2) is 5.29. The molecule has 0 bridgehead atoms. The molecule has 0 spiro atoms. The second-order valence-corrected chi connectivity index (χ2v) is 4.94. The van der Waals surface area contributed by atoms with Crippen molar-refractivity contribution in [3.05, 3.63) is 17.0 Å². The van der Waals surface area contributed by atoms with E-state index in [0.29, 0.717) is 10.6 Å². The molecule has 92 valence electrons. The first-order valence-corrected chi connectivity index (χ1v) is 6.48. The highest BCUT2D eigenvalue weighted by Crippen LogP contribution is 2.23. The minimum atomic E-state index is -0.516. The number of hydrogen-bond acceptors (Lipinski definition) is 4. The van der Waals surface area contributed by atoms with Crippen molar-refractivity contribution in [3.63, 3.8) is 0 Å². The summed E-state index contributed by atoms with van der Waals surface area (Å²) < 4.78 is 0. The molecule has 0 aromatic carbocycles. The van der Waals surface area contributed by atoms with Gasteiger partial charge in [-0.2, -0.15) is 0 Å². The van der Waals surface area contributed by atoms with Gasteiger partial charge in [0.05, 0.1) is 11.6 Å². The highest BCUT2D eigenvalue weighted by molar-refractivity contribution is 7.14. The fourth-order valence-electron chi connectivity index (χ4n) is 1.87. The van der Waals surface area contributed by atoms with Crippen molar-refractivity contribution in [2.24, 2.45) is 5.73 Å². The van der Waals surface area contributed by atoms with E-state index in [1.807, 2.05) is 0 Å². The van der Waals surface area contributed by atoms with E-state index in [0.717, 1.165) is 25.8 Å². The van der Waals surface area contributed by atoms with Gasteiger partial charge in [0.1, 0.15) is 5.00 Å². The fourth-order valence-corrected chi connectivity index (χ4v) is 2.67. The van der Waals surface area contributed by atoms with Crippen LogP contribution in [0.2, 0.25) is 0 Å². The number of carbonyl (C=O) groups excluding carboxylic acids is 2. The molecule has 2 heterocycles. The zero-order chi connectivity index (χ0) is 12.3. The van der Waals surface area contributed by atoms with Crippen molar-refractivity contribution in [3.8, 4) is 0 Å². The Bertz CT molecular complexity index is 424. The minimum Gasteiger partial charge on any atom is -0.366 e. The lowest BCUT2D eigenvalue weighted by Crippen LogP contribution is -2.43. The number of carbonyl (C=O) groups is 2. The molecule has 6 heteroatoms. The molecule has 1 atom stereocenters. The van der Waals surface area contributed by atoms with Crippen molar-refractivity contribution < 1.29 is 9.59 Å². The fraction of sp³-hybridized carbons (Fsp3) is 0.455. The van der Waals surface area contributed by atoms with Crippen LogP contribution in [0.15, 0.2) is 11.4 Å². The maximum atomic E-state index is 11.9. The van der Waals surface area contributed by atoms with Crippen LogP contribution < -0.4 is 16.4 Å². The van der Waals surface area contributed by atoms with E-state index in [1.54, 1.807) is 11.4 Å². The Morgan fingerprint density at radius 2 is 2.29 bits per heavy atom. The Morgan fingerprint density at radius 3 is 2.94 bits per heavy atom. The number of anilines is 1. The molecule has 1 aliphatic rings. The van der Waals surface area contributed by atoms with E-state index in [4.69, 9.17) is 5.73 Å². The van der Waals surface area contributed by atoms with E-state index in [1.165, 1.54) is 11.3 Å². The third-order valence-electron chi connectivity index (χ3n) is 2.79. The van der Waals surface area contributed by atoms with E-state index in [9.17, 15) is 9.59 Å². The summed E-state index contributed by atoms with van der Waals surface area (Å²) in [5, 5.41) is 8.19. The molecule has 4 N–H and O–H groups in total. The van der Waals surface area contributed by atoms with E-state index >= 15 is 0 Å². The molecule has 2 amide bonds. The molecule has 0 radical (unpaired) electrons. The van der Waals surface area contributed by atoms with Gasteiger partial charge in [-0.25, -0.2) is 0 Å². The molecule has 1 aromatic rings. The molecule has 0 aliphatic carbocycles. The average molecular weight is 253 g/mol. The monoisotopic (exact) mass is 253 g/mol. The summed E-state index contributed by atoms with van der Waals surface area (Å²) in [5.41, 5.74) is 5.59. The summed E-state index contributed by atoms with van der Waals surface area (Å²) >= 11 is 1.31. The average Bonchev–Trinajstić information content (AvgIpc) is 2.78. The zero-order valence-electron chi connectivity index (χ0n) is 9.36. The Hall–Kier alpha value is -1.40. The molecule has 1 aromatic heterocycles. The SMILES string of the molecule is NC(=O)c1ccsc1NC(=O)[C@H]1CCCCN1. The summed E-state index contributed by atoms with van der Waals surface area (Å²) in [4.78, 5) is 23.0. The van der Waals surface area contributed by atoms with Crippen molar-refractivity contribution in [1.82, 2.24) is 5.32 Å². The van der Waals surface area contributed by atoms with E-state index in [2.05, 4.69) is 10.6 Å². The number of amides is 2. The number of nitrogens with two attached hydrogens (primary N) is 1. The third kappa shape index (κ3) is 2.83. The summed E-state index contributed by atoms with van der Waals surface area (Å²) in [6.07, 6.45) is 3.00. The van der Waals surface area contributed by atoms with E-state index in [-0.39, 0.29) is 11.9 Å². The van der Waals surface area contributed by atoms with Gasteiger partial charge in [-0.1, -0.05) is 6.42 Å². The van der Waals surface area contributed by atoms with Crippen molar-refractivity contribution in [1.29, 1.82) is 0 Å². The standard InChI is InChI=1S/C11H15N3O2S/c12-9(15)7-4-6-17-11(7)14-10(16)8-3-1-2-5-13-8/h4,6,8,13H,1-3,5H2,(H2,12,15)(H,14,16)/t8-/m1/s1. The first-order chi connectivity index (χ1) is 8.18. The normalized spacial score (nSPS) is 19.9. The molecule has 2 rings (SSSR count). The Morgan fingerprint density at radius 1 is 1.47 bits per heavy atom. The van der Waals surface area contributed by atoms with E-state index < -0.39 is 5.91 Å². The predicted molar refractivity (Wildman–Crippen MR) is 67.1 cm³/mol. The van der Waals surface area contributed by atoms with Gasteiger partial charge in [-0.3, -0.25) is 9.59 Å². The summed E-state index contributed by atoms with van der Waals surface area (Å²) in [5.74, 6) is -0.604. The smallest absolute Gasteiger partial charge is 0.251 e. The zero-order valence-corrected chi connectivity index (χ0v) is 10.2. The third-order valence-corrected chi connectivity index (χ3v) is 3.62. The molecule has 5 nitrogen and oxygen atoms in total. The lowest BCUT2D eigenvalue weighted by Gasteiger charge is -2.22. The highest BCUT2D eigenvalue weighted by atomic mass is 32.1. The Kier molecular flexibility index (Phi) is 3.75. The van der Waals surface area contributed by atoms with Crippen LogP contribution in [-0.2, 0) is 4.79 Å². The van der Waals surface area contributed by atoms with Crippen molar-refractivity contribution in [2.45, 2.75) is 25.3 Å². The van der Waals surface area contributed by atoms with Crippen LogP contribution >= 0.6 is 11.3 Å². The number of piperidine rings is 1. The molecule has 17 heavy (non-hydrogen) atoms. The summed E-state index contributed by atoms with van der Waals surface area (Å²) in [7, 11) is 0.